The summed E-state index contributed by atoms with van der Waals surface area (Å²) in [6, 6.07) is 13.7. The fourth-order valence-corrected chi connectivity index (χ4v) is 3.65. The highest BCUT2D eigenvalue weighted by atomic mass is 32.2. The monoisotopic (exact) mass is 411 g/mol. The van der Waals surface area contributed by atoms with E-state index in [1.165, 1.54) is 17.8 Å². The molecule has 0 amide bonds. The van der Waals surface area contributed by atoms with E-state index in [9.17, 15) is 9.18 Å². The second-order valence-electron chi connectivity index (χ2n) is 6.51. The van der Waals surface area contributed by atoms with Crippen LogP contribution in [0.15, 0.2) is 66.3 Å². The zero-order valence-corrected chi connectivity index (χ0v) is 17.2. The van der Waals surface area contributed by atoms with E-state index in [1.807, 2.05) is 42.7 Å². The van der Waals surface area contributed by atoms with Crippen molar-refractivity contribution in [3.63, 3.8) is 0 Å². The van der Waals surface area contributed by atoms with Crippen molar-refractivity contribution in [1.82, 2.24) is 14.8 Å². The summed E-state index contributed by atoms with van der Waals surface area (Å²) < 4.78 is 21.1. The lowest BCUT2D eigenvalue weighted by Crippen LogP contribution is -2.15. The van der Waals surface area contributed by atoms with Crippen LogP contribution in [0, 0.1) is 12.7 Å². The molecule has 0 N–H and O–H groups in total. The molecule has 2 aromatic carbocycles. The molecule has 0 aliphatic heterocycles. The van der Waals surface area contributed by atoms with Crippen molar-refractivity contribution in [1.29, 1.82) is 0 Å². The summed E-state index contributed by atoms with van der Waals surface area (Å²) in [6.45, 7) is 8.10. The van der Waals surface area contributed by atoms with Gasteiger partial charge in [-0.2, -0.15) is 0 Å². The van der Waals surface area contributed by atoms with Crippen molar-refractivity contribution in [2.75, 3.05) is 0 Å². The second-order valence-corrected chi connectivity index (χ2v) is 7.82. The Morgan fingerprint density at radius 3 is 2.66 bits per heavy atom. The summed E-state index contributed by atoms with van der Waals surface area (Å²) in [4.78, 5) is 12.7. The molecule has 0 aliphatic rings. The SMILES string of the molecule is C=CCn1c(COc2ccccc2F)nnc1SC(C)C(=O)c1ccc(C)cc1. The number of allylic oxidation sites excluding steroid dienone is 1. The van der Waals surface area contributed by atoms with Gasteiger partial charge in [-0.25, -0.2) is 4.39 Å². The number of aromatic nitrogens is 3. The van der Waals surface area contributed by atoms with E-state index >= 15 is 0 Å². The van der Waals surface area contributed by atoms with Crippen LogP contribution >= 0.6 is 11.8 Å². The number of ketones is 1. The summed E-state index contributed by atoms with van der Waals surface area (Å²) in [5.41, 5.74) is 1.76. The van der Waals surface area contributed by atoms with Gasteiger partial charge >= 0.3 is 0 Å². The normalized spacial score (nSPS) is 11.8. The molecule has 3 rings (SSSR count). The lowest BCUT2D eigenvalue weighted by molar-refractivity contribution is 0.0994. The number of ether oxygens (including phenoxy) is 1. The molecular formula is C22H22FN3O2S. The molecule has 0 saturated carbocycles. The van der Waals surface area contributed by atoms with E-state index in [0.717, 1.165) is 5.56 Å². The minimum absolute atomic E-state index is 0.0207. The van der Waals surface area contributed by atoms with Crippen molar-refractivity contribution in [3.8, 4) is 5.75 Å². The van der Waals surface area contributed by atoms with Gasteiger partial charge in [0.2, 0.25) is 0 Å². The largest absolute Gasteiger partial charge is 0.483 e. The molecule has 29 heavy (non-hydrogen) atoms. The third-order valence-corrected chi connectivity index (χ3v) is 5.37. The maximum absolute atomic E-state index is 13.8. The molecule has 1 atom stereocenters. The van der Waals surface area contributed by atoms with E-state index in [1.54, 1.807) is 24.3 Å². The zero-order chi connectivity index (χ0) is 20.8. The number of para-hydroxylation sites is 1. The number of carbonyl (C=O) groups is 1. The van der Waals surface area contributed by atoms with Gasteiger partial charge in [-0.1, -0.05) is 59.8 Å². The summed E-state index contributed by atoms with van der Waals surface area (Å²) in [5.74, 6) is 0.268. The Labute approximate surface area is 173 Å². The Balaban J connectivity index is 1.73. The average molecular weight is 412 g/mol. The van der Waals surface area contributed by atoms with Gasteiger partial charge in [-0.05, 0) is 26.0 Å². The molecule has 0 bridgehead atoms. The first-order valence-electron chi connectivity index (χ1n) is 9.17. The number of Topliss-reactive ketones (excluding diaryl/α,β-unsaturated/α-hetero) is 1. The lowest BCUT2D eigenvalue weighted by Gasteiger charge is -2.12. The van der Waals surface area contributed by atoms with Gasteiger partial charge in [0.1, 0.15) is 6.61 Å². The van der Waals surface area contributed by atoms with Gasteiger partial charge in [-0.3, -0.25) is 9.36 Å². The van der Waals surface area contributed by atoms with E-state index in [2.05, 4.69) is 16.8 Å². The topological polar surface area (TPSA) is 57.0 Å². The maximum Gasteiger partial charge on any atom is 0.192 e. The molecule has 0 spiro atoms. The van der Waals surface area contributed by atoms with Crippen LogP contribution in [0.1, 0.15) is 28.7 Å². The average Bonchev–Trinajstić information content (AvgIpc) is 3.09. The molecule has 7 heteroatoms. The maximum atomic E-state index is 13.8. The predicted octanol–water partition coefficient (Wildman–Crippen LogP) is 4.85. The minimum atomic E-state index is -0.436. The first-order valence-corrected chi connectivity index (χ1v) is 10.1. The zero-order valence-electron chi connectivity index (χ0n) is 16.3. The first-order chi connectivity index (χ1) is 14.0. The summed E-state index contributed by atoms with van der Waals surface area (Å²) >= 11 is 1.33. The predicted molar refractivity (Wildman–Crippen MR) is 112 cm³/mol. The molecule has 5 nitrogen and oxygen atoms in total. The van der Waals surface area contributed by atoms with Crippen molar-refractivity contribution in [3.05, 3.63) is 84.0 Å². The van der Waals surface area contributed by atoms with Gasteiger partial charge in [0.05, 0.1) is 5.25 Å². The second kappa shape index (κ2) is 9.52. The number of rotatable bonds is 9. The standard InChI is InChI=1S/C22H22FN3O2S/c1-4-13-26-20(14-28-19-8-6-5-7-18(19)23)24-25-22(26)29-16(3)21(27)17-11-9-15(2)10-12-17/h4-12,16H,1,13-14H2,2-3H3. The van der Waals surface area contributed by atoms with E-state index in [4.69, 9.17) is 4.74 Å². The number of thioether (sulfide) groups is 1. The molecule has 0 aliphatic carbocycles. The molecule has 0 saturated heterocycles. The number of nitrogens with zero attached hydrogens (tertiary/aromatic N) is 3. The number of carbonyl (C=O) groups excluding carboxylic acids is 1. The fraction of sp³-hybridized carbons (Fsp3) is 0.227. The third kappa shape index (κ3) is 5.12. The number of benzene rings is 2. The molecule has 1 aromatic heterocycles. The molecule has 1 unspecified atom stereocenters. The van der Waals surface area contributed by atoms with E-state index in [-0.39, 0.29) is 23.4 Å². The summed E-state index contributed by atoms with van der Waals surface area (Å²) in [6.07, 6.45) is 1.71. The summed E-state index contributed by atoms with van der Waals surface area (Å²) in [7, 11) is 0. The Bertz CT molecular complexity index is 1000. The van der Waals surface area contributed by atoms with Crippen molar-refractivity contribution >= 4 is 17.5 Å². The van der Waals surface area contributed by atoms with Gasteiger partial charge < -0.3 is 4.74 Å². The molecule has 150 valence electrons. The summed E-state index contributed by atoms with van der Waals surface area (Å²) in [5, 5.41) is 8.61. The number of hydrogen-bond acceptors (Lipinski definition) is 5. The first kappa shape index (κ1) is 20.8. The molecule has 3 aromatic rings. The van der Waals surface area contributed by atoms with E-state index < -0.39 is 5.82 Å². The van der Waals surface area contributed by atoms with Crippen molar-refractivity contribution < 1.29 is 13.9 Å². The highest BCUT2D eigenvalue weighted by molar-refractivity contribution is 8.00. The molecule has 0 fully saturated rings. The Morgan fingerprint density at radius 2 is 1.97 bits per heavy atom. The van der Waals surface area contributed by atoms with Crippen LogP contribution in [0.25, 0.3) is 0 Å². The van der Waals surface area contributed by atoms with Crippen LogP contribution < -0.4 is 4.74 Å². The van der Waals surface area contributed by atoms with Crippen molar-refractivity contribution in [2.24, 2.45) is 0 Å². The van der Waals surface area contributed by atoms with Gasteiger partial charge in [0, 0.05) is 12.1 Å². The smallest absolute Gasteiger partial charge is 0.192 e. The fourth-order valence-electron chi connectivity index (χ4n) is 2.69. The Kier molecular flexibility index (Phi) is 6.82. The molecular weight excluding hydrogens is 389 g/mol. The minimum Gasteiger partial charge on any atom is -0.483 e. The van der Waals surface area contributed by atoms with Crippen LogP contribution in [0.5, 0.6) is 5.75 Å². The van der Waals surface area contributed by atoms with Crippen LogP contribution in [-0.2, 0) is 13.2 Å². The number of halogens is 1. The Morgan fingerprint density at radius 1 is 1.24 bits per heavy atom. The highest BCUT2D eigenvalue weighted by Gasteiger charge is 2.21. The van der Waals surface area contributed by atoms with Gasteiger partial charge in [-0.15, -0.1) is 16.8 Å². The van der Waals surface area contributed by atoms with Crippen LogP contribution in [0.4, 0.5) is 4.39 Å². The Hall–Kier alpha value is -2.93. The third-order valence-electron chi connectivity index (χ3n) is 4.29. The highest BCUT2D eigenvalue weighted by Crippen LogP contribution is 2.26. The van der Waals surface area contributed by atoms with Crippen LogP contribution in [0.2, 0.25) is 0 Å². The lowest BCUT2D eigenvalue weighted by atomic mass is 10.1. The number of aryl methyl sites for hydroxylation is 1. The van der Waals surface area contributed by atoms with E-state index in [0.29, 0.717) is 23.1 Å². The quantitative estimate of drug-likeness (QED) is 0.286. The molecule has 0 radical (unpaired) electrons. The number of hydrogen-bond donors (Lipinski definition) is 0. The molecule has 1 heterocycles. The van der Waals surface area contributed by atoms with Crippen LogP contribution in [-0.4, -0.2) is 25.8 Å². The van der Waals surface area contributed by atoms with Gasteiger partial charge in [0.25, 0.3) is 0 Å². The van der Waals surface area contributed by atoms with Crippen molar-refractivity contribution in [2.45, 2.75) is 37.4 Å². The van der Waals surface area contributed by atoms with Gasteiger partial charge in [0.15, 0.2) is 28.3 Å². The van der Waals surface area contributed by atoms with Crippen LogP contribution in [0.3, 0.4) is 0 Å².